The fraction of sp³-hybridized carbons (Fsp3) is 0.200. The van der Waals surface area contributed by atoms with Gasteiger partial charge in [0.2, 0.25) is 0 Å². The molecule has 2 rings (SSSR count). The van der Waals surface area contributed by atoms with Gasteiger partial charge >= 0.3 is 0 Å². The van der Waals surface area contributed by atoms with Crippen molar-refractivity contribution in [3.63, 3.8) is 0 Å². The molecular weight excluding hydrogens is 303 g/mol. The van der Waals surface area contributed by atoms with Crippen molar-refractivity contribution in [2.24, 2.45) is 0 Å². The summed E-state index contributed by atoms with van der Waals surface area (Å²) in [4.78, 5) is 0. The molecule has 1 atom stereocenters. The van der Waals surface area contributed by atoms with Gasteiger partial charge in [0, 0.05) is 11.1 Å². The van der Waals surface area contributed by atoms with E-state index in [1.807, 2.05) is 0 Å². The van der Waals surface area contributed by atoms with Crippen LogP contribution in [0.25, 0.3) is 0 Å². The van der Waals surface area contributed by atoms with Gasteiger partial charge in [-0.25, -0.2) is 8.78 Å². The van der Waals surface area contributed by atoms with Gasteiger partial charge in [0.1, 0.15) is 11.6 Å². The van der Waals surface area contributed by atoms with E-state index in [9.17, 15) is 8.78 Å². The van der Waals surface area contributed by atoms with E-state index in [0.29, 0.717) is 22.6 Å². The van der Waals surface area contributed by atoms with Crippen LogP contribution in [-0.2, 0) is 6.42 Å². The van der Waals surface area contributed by atoms with Gasteiger partial charge in [0.15, 0.2) is 0 Å². The van der Waals surface area contributed by atoms with E-state index >= 15 is 0 Å². The van der Waals surface area contributed by atoms with Crippen LogP contribution in [-0.4, -0.2) is 7.05 Å². The van der Waals surface area contributed by atoms with Crippen LogP contribution in [0.1, 0.15) is 17.2 Å². The van der Waals surface area contributed by atoms with E-state index in [4.69, 9.17) is 23.2 Å². The van der Waals surface area contributed by atoms with E-state index < -0.39 is 5.82 Å². The monoisotopic (exact) mass is 315 g/mol. The van der Waals surface area contributed by atoms with E-state index in [1.54, 1.807) is 19.2 Å². The molecule has 2 aromatic rings. The molecule has 0 amide bonds. The number of benzene rings is 2. The Morgan fingerprint density at radius 2 is 1.90 bits per heavy atom. The molecular formula is C15H13Cl2F2N. The summed E-state index contributed by atoms with van der Waals surface area (Å²) in [6, 6.07) is 8.56. The van der Waals surface area contributed by atoms with Gasteiger partial charge in [-0.3, -0.25) is 0 Å². The molecule has 20 heavy (non-hydrogen) atoms. The summed E-state index contributed by atoms with van der Waals surface area (Å²) in [6.07, 6.45) is 0.413. The van der Waals surface area contributed by atoms with Gasteiger partial charge in [-0.1, -0.05) is 35.3 Å². The van der Waals surface area contributed by atoms with Crippen LogP contribution in [0.5, 0.6) is 0 Å². The lowest BCUT2D eigenvalue weighted by Gasteiger charge is -2.19. The fourth-order valence-electron chi connectivity index (χ4n) is 2.08. The third kappa shape index (κ3) is 3.29. The minimum Gasteiger partial charge on any atom is -0.313 e. The Balaban J connectivity index is 2.34. The first-order valence-electron chi connectivity index (χ1n) is 6.08. The van der Waals surface area contributed by atoms with Crippen molar-refractivity contribution in [1.29, 1.82) is 0 Å². The molecule has 0 radical (unpaired) electrons. The van der Waals surface area contributed by atoms with E-state index in [1.165, 1.54) is 24.3 Å². The van der Waals surface area contributed by atoms with Gasteiger partial charge in [-0.05, 0) is 48.9 Å². The molecule has 0 aliphatic heterocycles. The molecule has 2 aromatic carbocycles. The minimum atomic E-state index is -0.477. The maximum absolute atomic E-state index is 13.5. The Bertz CT molecular complexity index is 617. The number of hydrogen-bond acceptors (Lipinski definition) is 1. The lowest BCUT2D eigenvalue weighted by Crippen LogP contribution is -2.19. The molecule has 106 valence electrons. The molecule has 0 aliphatic carbocycles. The molecule has 1 unspecified atom stereocenters. The average Bonchev–Trinajstić information content (AvgIpc) is 2.43. The minimum absolute atomic E-state index is 0.0689. The summed E-state index contributed by atoms with van der Waals surface area (Å²) in [7, 11) is 1.74. The fourth-order valence-corrected chi connectivity index (χ4v) is 2.53. The average molecular weight is 316 g/mol. The maximum atomic E-state index is 13.5. The van der Waals surface area contributed by atoms with Crippen molar-refractivity contribution >= 4 is 23.2 Å². The highest BCUT2D eigenvalue weighted by Crippen LogP contribution is 2.29. The van der Waals surface area contributed by atoms with Gasteiger partial charge < -0.3 is 5.32 Å². The van der Waals surface area contributed by atoms with Gasteiger partial charge in [0.25, 0.3) is 0 Å². The molecule has 1 nitrogen and oxygen atoms in total. The Morgan fingerprint density at radius 1 is 1.15 bits per heavy atom. The van der Waals surface area contributed by atoms with E-state index in [-0.39, 0.29) is 16.9 Å². The summed E-state index contributed by atoms with van der Waals surface area (Å²) >= 11 is 12.0. The van der Waals surface area contributed by atoms with Crippen molar-refractivity contribution in [2.75, 3.05) is 7.05 Å². The molecule has 0 aromatic heterocycles. The van der Waals surface area contributed by atoms with Crippen LogP contribution in [0.15, 0.2) is 36.4 Å². The maximum Gasteiger partial charge on any atom is 0.142 e. The van der Waals surface area contributed by atoms with Gasteiger partial charge in [0.05, 0.1) is 5.02 Å². The van der Waals surface area contributed by atoms with Crippen LogP contribution in [0.4, 0.5) is 8.78 Å². The Labute approximate surface area is 126 Å². The normalized spacial score (nSPS) is 12.4. The summed E-state index contributed by atoms with van der Waals surface area (Å²) in [6.45, 7) is 0. The molecule has 0 bridgehead atoms. The molecule has 0 heterocycles. The molecule has 0 saturated heterocycles. The highest BCUT2D eigenvalue weighted by molar-refractivity contribution is 6.32. The highest BCUT2D eigenvalue weighted by Gasteiger charge is 2.17. The zero-order chi connectivity index (χ0) is 14.7. The number of nitrogens with one attached hydrogen (secondary N) is 1. The quantitative estimate of drug-likeness (QED) is 0.856. The molecule has 0 saturated carbocycles. The van der Waals surface area contributed by atoms with Gasteiger partial charge in [-0.2, -0.15) is 0 Å². The van der Waals surface area contributed by atoms with Gasteiger partial charge in [-0.15, -0.1) is 0 Å². The van der Waals surface area contributed by atoms with Crippen molar-refractivity contribution in [2.45, 2.75) is 12.5 Å². The molecule has 5 heteroatoms. The molecule has 0 spiro atoms. The van der Waals surface area contributed by atoms with Crippen LogP contribution < -0.4 is 5.32 Å². The Hall–Kier alpha value is -1.16. The molecule has 0 fully saturated rings. The van der Waals surface area contributed by atoms with E-state index in [2.05, 4.69) is 5.32 Å². The van der Waals surface area contributed by atoms with Crippen LogP contribution in [0, 0.1) is 11.6 Å². The summed E-state index contributed by atoms with van der Waals surface area (Å²) < 4.78 is 26.8. The van der Waals surface area contributed by atoms with Crippen LogP contribution >= 0.6 is 23.2 Å². The summed E-state index contributed by atoms with van der Waals surface area (Å²) in [5.74, 6) is -0.834. The Morgan fingerprint density at radius 3 is 2.60 bits per heavy atom. The smallest absolute Gasteiger partial charge is 0.142 e. The predicted molar refractivity (Wildman–Crippen MR) is 78.3 cm³/mol. The third-order valence-electron chi connectivity index (χ3n) is 3.14. The summed E-state index contributed by atoms with van der Waals surface area (Å²) in [5.41, 5.74) is 1.26. The SMILES string of the molecule is CNC(Cc1cc(F)ccc1Cl)c1cccc(F)c1Cl. The first-order valence-corrected chi connectivity index (χ1v) is 6.83. The second-order valence-corrected chi connectivity index (χ2v) is 5.21. The Kier molecular flexibility index (Phi) is 4.97. The lowest BCUT2D eigenvalue weighted by atomic mass is 9.98. The van der Waals surface area contributed by atoms with Crippen LogP contribution in [0.2, 0.25) is 10.0 Å². The lowest BCUT2D eigenvalue weighted by molar-refractivity contribution is 0.573. The molecule has 0 aliphatic rings. The third-order valence-corrected chi connectivity index (χ3v) is 3.90. The topological polar surface area (TPSA) is 12.0 Å². The first-order chi connectivity index (χ1) is 9.52. The number of hydrogen-bond donors (Lipinski definition) is 1. The second kappa shape index (κ2) is 6.53. The number of rotatable bonds is 4. The number of likely N-dealkylation sites (N-methyl/N-ethyl adjacent to an activating group) is 1. The zero-order valence-corrected chi connectivity index (χ0v) is 12.3. The largest absolute Gasteiger partial charge is 0.313 e. The second-order valence-electron chi connectivity index (χ2n) is 4.42. The molecule has 1 N–H and O–H groups in total. The highest BCUT2D eigenvalue weighted by atomic mass is 35.5. The summed E-state index contributed by atoms with van der Waals surface area (Å²) in [5, 5.41) is 3.59. The van der Waals surface area contributed by atoms with Crippen LogP contribution in [0.3, 0.4) is 0 Å². The van der Waals surface area contributed by atoms with Crippen molar-refractivity contribution in [3.05, 3.63) is 69.2 Å². The van der Waals surface area contributed by atoms with Crippen molar-refractivity contribution in [1.82, 2.24) is 5.32 Å². The van der Waals surface area contributed by atoms with E-state index in [0.717, 1.165) is 0 Å². The predicted octanol–water partition coefficient (Wildman–Crippen LogP) is 4.77. The first kappa shape index (κ1) is 15.2. The zero-order valence-electron chi connectivity index (χ0n) is 10.8. The standard InChI is InChI=1S/C15H13Cl2F2N/c1-20-14(11-3-2-4-13(19)15(11)17)8-9-7-10(18)5-6-12(9)16/h2-7,14,20H,8H2,1H3. The van der Waals surface area contributed by atoms with Crippen molar-refractivity contribution < 1.29 is 8.78 Å². The van der Waals surface area contributed by atoms with Crippen molar-refractivity contribution in [3.8, 4) is 0 Å². The number of halogens is 4.